The van der Waals surface area contributed by atoms with Gasteiger partial charge in [-0.15, -0.1) is 0 Å². The van der Waals surface area contributed by atoms with Gasteiger partial charge in [-0.1, -0.05) is 18.5 Å². The molecule has 2 aliphatic heterocycles. The van der Waals surface area contributed by atoms with Crippen LogP contribution in [0.1, 0.15) is 18.1 Å². The number of benzene rings is 1. The molecule has 3 rings (SSSR count). The number of hydrogen-bond acceptors (Lipinski definition) is 4. The minimum atomic E-state index is -0.0824. The first-order valence-electron chi connectivity index (χ1n) is 7.47. The fourth-order valence-corrected chi connectivity index (χ4v) is 3.39. The summed E-state index contributed by atoms with van der Waals surface area (Å²) in [5.74, 6) is 0.964. The fraction of sp³-hybridized carbons (Fsp3) is 0.562. The van der Waals surface area contributed by atoms with Crippen LogP contribution in [-0.4, -0.2) is 38.2 Å². The average Bonchev–Trinajstić information content (AvgIpc) is 3.07. The summed E-state index contributed by atoms with van der Waals surface area (Å²) in [4.78, 5) is 12.6. The molecule has 114 valence electrons. The number of likely N-dealkylation sites (N-methyl/N-ethyl adjacent to an activating group) is 1. The molecule has 0 radical (unpaired) electrons. The topological polar surface area (TPSA) is 47.6 Å². The molecule has 0 aliphatic carbocycles. The highest BCUT2D eigenvalue weighted by Gasteiger charge is 2.33. The van der Waals surface area contributed by atoms with Crippen LogP contribution in [0.3, 0.4) is 0 Å². The maximum atomic E-state index is 12.6. The first kappa shape index (κ1) is 14.8. The van der Waals surface area contributed by atoms with Crippen molar-refractivity contribution in [2.75, 3.05) is 26.4 Å². The molecule has 0 saturated carbocycles. The molecule has 21 heavy (non-hydrogen) atoms. The van der Waals surface area contributed by atoms with Gasteiger partial charge < -0.3 is 14.8 Å². The van der Waals surface area contributed by atoms with E-state index >= 15 is 0 Å². The van der Waals surface area contributed by atoms with Crippen LogP contribution >= 0.6 is 11.6 Å². The molecule has 0 aromatic heterocycles. The molecular formula is C16H20ClNO3. The molecule has 1 saturated heterocycles. The van der Waals surface area contributed by atoms with Crippen molar-refractivity contribution in [3.8, 4) is 5.75 Å². The van der Waals surface area contributed by atoms with Crippen molar-refractivity contribution in [1.29, 1.82) is 0 Å². The zero-order valence-corrected chi connectivity index (χ0v) is 12.9. The van der Waals surface area contributed by atoms with Crippen LogP contribution in [0.25, 0.3) is 0 Å². The monoisotopic (exact) mass is 309 g/mol. The van der Waals surface area contributed by atoms with Crippen molar-refractivity contribution in [2.45, 2.75) is 25.8 Å². The van der Waals surface area contributed by atoms with Crippen molar-refractivity contribution in [1.82, 2.24) is 5.32 Å². The molecule has 1 fully saturated rings. The minimum Gasteiger partial charge on any atom is -0.493 e. The van der Waals surface area contributed by atoms with Crippen molar-refractivity contribution < 1.29 is 14.3 Å². The summed E-state index contributed by atoms with van der Waals surface area (Å²) < 4.78 is 11.1. The van der Waals surface area contributed by atoms with Gasteiger partial charge in [0, 0.05) is 29.5 Å². The van der Waals surface area contributed by atoms with E-state index < -0.39 is 0 Å². The molecule has 0 spiro atoms. The van der Waals surface area contributed by atoms with Gasteiger partial charge in [-0.05, 0) is 24.2 Å². The van der Waals surface area contributed by atoms with Crippen molar-refractivity contribution in [3.05, 3.63) is 28.3 Å². The number of ketones is 1. The quantitative estimate of drug-likeness (QED) is 0.904. The summed E-state index contributed by atoms with van der Waals surface area (Å²) in [5, 5.41) is 4.00. The third-order valence-electron chi connectivity index (χ3n) is 4.15. The van der Waals surface area contributed by atoms with Gasteiger partial charge >= 0.3 is 0 Å². The number of Topliss-reactive ketones (excluding diaryl/α,β-unsaturated/α-hetero) is 1. The minimum absolute atomic E-state index is 0.0824. The Labute approximate surface area is 129 Å². The Morgan fingerprint density at radius 3 is 3.10 bits per heavy atom. The second-order valence-electron chi connectivity index (χ2n) is 5.60. The van der Waals surface area contributed by atoms with E-state index in [0.717, 1.165) is 29.8 Å². The molecule has 1 N–H and O–H groups in total. The number of ether oxygens (including phenoxy) is 2. The van der Waals surface area contributed by atoms with Crippen LogP contribution in [0.15, 0.2) is 12.1 Å². The molecule has 2 heterocycles. The number of carbonyl (C=O) groups is 1. The highest BCUT2D eigenvalue weighted by Crippen LogP contribution is 2.34. The zero-order chi connectivity index (χ0) is 14.8. The molecular weight excluding hydrogens is 290 g/mol. The number of nitrogens with one attached hydrogen (secondary N) is 1. The Hall–Kier alpha value is -1.10. The van der Waals surface area contributed by atoms with E-state index in [-0.39, 0.29) is 17.7 Å². The molecule has 1 aromatic rings. The summed E-state index contributed by atoms with van der Waals surface area (Å²) in [6, 6.07) is 3.90. The van der Waals surface area contributed by atoms with Crippen molar-refractivity contribution >= 4 is 17.4 Å². The van der Waals surface area contributed by atoms with E-state index in [4.69, 9.17) is 21.1 Å². The van der Waals surface area contributed by atoms with Crippen molar-refractivity contribution in [3.63, 3.8) is 0 Å². The summed E-state index contributed by atoms with van der Waals surface area (Å²) in [6.45, 7) is 4.66. The zero-order valence-electron chi connectivity index (χ0n) is 12.2. The van der Waals surface area contributed by atoms with Gasteiger partial charge in [0.25, 0.3) is 0 Å². The van der Waals surface area contributed by atoms with E-state index in [2.05, 4.69) is 5.32 Å². The first-order chi connectivity index (χ1) is 10.2. The lowest BCUT2D eigenvalue weighted by molar-refractivity contribution is -0.122. The van der Waals surface area contributed by atoms with Crippen LogP contribution < -0.4 is 10.1 Å². The standard InChI is InChI=1S/C16H20ClNO3/c1-2-18-14-9-20-8-13(14)15(19)7-11-6-12(17)5-10-3-4-21-16(10)11/h5-6,13-14,18H,2-4,7-9H2,1H3. The molecule has 2 aliphatic rings. The SMILES string of the molecule is CCNC1COCC1C(=O)Cc1cc(Cl)cc2c1OCC2. The summed E-state index contributed by atoms with van der Waals surface area (Å²) in [5.41, 5.74) is 2.01. The first-order valence-corrected chi connectivity index (χ1v) is 7.84. The summed E-state index contributed by atoms with van der Waals surface area (Å²) in [6.07, 6.45) is 1.22. The lowest BCUT2D eigenvalue weighted by Crippen LogP contribution is -2.39. The number of fused-ring (bicyclic) bond motifs is 1. The van der Waals surface area contributed by atoms with Gasteiger partial charge in [0.1, 0.15) is 11.5 Å². The molecule has 4 nitrogen and oxygen atoms in total. The normalized spacial score (nSPS) is 23.9. The Balaban J connectivity index is 1.76. The molecule has 2 atom stereocenters. The summed E-state index contributed by atoms with van der Waals surface area (Å²) in [7, 11) is 0. The maximum Gasteiger partial charge on any atom is 0.144 e. The van der Waals surface area contributed by atoms with Gasteiger partial charge in [-0.2, -0.15) is 0 Å². The van der Waals surface area contributed by atoms with Crippen LogP contribution in [0, 0.1) is 5.92 Å². The molecule has 5 heteroatoms. The number of hydrogen-bond donors (Lipinski definition) is 1. The highest BCUT2D eigenvalue weighted by atomic mass is 35.5. The second kappa shape index (κ2) is 6.34. The lowest BCUT2D eigenvalue weighted by atomic mass is 9.92. The van der Waals surface area contributed by atoms with E-state index in [1.807, 2.05) is 19.1 Å². The highest BCUT2D eigenvalue weighted by molar-refractivity contribution is 6.30. The molecule has 1 aromatic carbocycles. The Morgan fingerprint density at radius 1 is 1.43 bits per heavy atom. The number of carbonyl (C=O) groups excluding carboxylic acids is 1. The average molecular weight is 310 g/mol. The smallest absolute Gasteiger partial charge is 0.144 e. The largest absolute Gasteiger partial charge is 0.493 e. The van der Waals surface area contributed by atoms with E-state index in [0.29, 0.717) is 31.3 Å². The van der Waals surface area contributed by atoms with E-state index in [1.54, 1.807) is 0 Å². The Bertz CT molecular complexity index is 547. The molecule has 2 unspecified atom stereocenters. The van der Waals surface area contributed by atoms with Crippen LogP contribution in [0.2, 0.25) is 5.02 Å². The predicted octanol–water partition coefficient (Wildman–Crippen LogP) is 2.01. The second-order valence-corrected chi connectivity index (χ2v) is 6.04. The van der Waals surface area contributed by atoms with Gasteiger partial charge in [-0.3, -0.25) is 4.79 Å². The Kier molecular flexibility index (Phi) is 4.48. The van der Waals surface area contributed by atoms with Gasteiger partial charge in [-0.25, -0.2) is 0 Å². The van der Waals surface area contributed by atoms with Crippen LogP contribution in [0.5, 0.6) is 5.75 Å². The Morgan fingerprint density at radius 2 is 2.29 bits per heavy atom. The third-order valence-corrected chi connectivity index (χ3v) is 4.37. The maximum absolute atomic E-state index is 12.6. The van der Waals surface area contributed by atoms with Crippen LogP contribution in [-0.2, 0) is 22.4 Å². The fourth-order valence-electron chi connectivity index (χ4n) is 3.13. The number of rotatable bonds is 5. The molecule has 0 bridgehead atoms. The van der Waals surface area contributed by atoms with Crippen LogP contribution in [0.4, 0.5) is 0 Å². The van der Waals surface area contributed by atoms with Gasteiger partial charge in [0.15, 0.2) is 0 Å². The third kappa shape index (κ3) is 3.07. The van der Waals surface area contributed by atoms with Crippen molar-refractivity contribution in [2.24, 2.45) is 5.92 Å². The lowest BCUT2D eigenvalue weighted by Gasteiger charge is -2.17. The number of halogens is 1. The van der Waals surface area contributed by atoms with E-state index in [1.165, 1.54) is 0 Å². The van der Waals surface area contributed by atoms with Gasteiger partial charge in [0.05, 0.1) is 25.7 Å². The molecule has 0 amide bonds. The summed E-state index contributed by atoms with van der Waals surface area (Å²) >= 11 is 6.15. The van der Waals surface area contributed by atoms with E-state index in [9.17, 15) is 4.79 Å². The van der Waals surface area contributed by atoms with Gasteiger partial charge in [0.2, 0.25) is 0 Å². The predicted molar refractivity (Wildman–Crippen MR) is 81.1 cm³/mol.